The van der Waals surface area contributed by atoms with Crippen LogP contribution >= 0.6 is 11.3 Å². The number of anilines is 1. The largest absolute Gasteiger partial charge is 0.399 e. The summed E-state index contributed by atoms with van der Waals surface area (Å²) in [4.78, 5) is 4.13. The Morgan fingerprint density at radius 1 is 1.38 bits per heavy atom. The third kappa shape index (κ3) is 2.77. The van der Waals surface area contributed by atoms with Gasteiger partial charge in [0.2, 0.25) is 0 Å². The summed E-state index contributed by atoms with van der Waals surface area (Å²) in [6.45, 7) is 1.13. The summed E-state index contributed by atoms with van der Waals surface area (Å²) in [5.41, 5.74) is 6.53. The Labute approximate surface area is 97.1 Å². The van der Waals surface area contributed by atoms with Crippen LogP contribution in [0.25, 0.3) is 0 Å². The van der Waals surface area contributed by atoms with Crippen molar-refractivity contribution in [3.05, 3.63) is 46.2 Å². The van der Waals surface area contributed by atoms with Crippen LogP contribution in [0.15, 0.2) is 29.8 Å². The van der Waals surface area contributed by atoms with E-state index < -0.39 is 0 Å². The molecule has 0 aliphatic heterocycles. The maximum atomic E-state index is 13.4. The molecule has 0 aliphatic rings. The highest BCUT2D eigenvalue weighted by Gasteiger charge is 2.02. The third-order valence-corrected chi connectivity index (χ3v) is 2.93. The summed E-state index contributed by atoms with van der Waals surface area (Å²) in [7, 11) is 0. The quantitative estimate of drug-likeness (QED) is 0.801. The van der Waals surface area contributed by atoms with Crippen molar-refractivity contribution >= 4 is 17.0 Å². The van der Waals surface area contributed by atoms with Gasteiger partial charge in [-0.3, -0.25) is 0 Å². The summed E-state index contributed by atoms with van der Waals surface area (Å²) in [5.74, 6) is -0.272. The summed E-state index contributed by atoms with van der Waals surface area (Å²) in [6, 6.07) is 4.73. The lowest BCUT2D eigenvalue weighted by Gasteiger charge is -2.05. The second kappa shape index (κ2) is 5.05. The zero-order valence-corrected chi connectivity index (χ0v) is 9.43. The van der Waals surface area contributed by atoms with Crippen molar-refractivity contribution in [2.75, 3.05) is 5.73 Å². The standard InChI is InChI=1S/C11H12FN3S/c12-10-5-9(13)2-1-8(10)6-14-7-11-15-3-4-16-11/h1-5,14H,6-7,13H2. The van der Waals surface area contributed by atoms with Crippen LogP contribution in [0, 0.1) is 5.82 Å². The molecule has 0 amide bonds. The van der Waals surface area contributed by atoms with Gasteiger partial charge in [0.15, 0.2) is 0 Å². The molecule has 1 heterocycles. The zero-order valence-electron chi connectivity index (χ0n) is 8.61. The van der Waals surface area contributed by atoms with Gasteiger partial charge in [-0.25, -0.2) is 9.37 Å². The molecule has 2 aromatic rings. The molecule has 0 aliphatic carbocycles. The van der Waals surface area contributed by atoms with Gasteiger partial charge in [-0.05, 0) is 12.1 Å². The van der Waals surface area contributed by atoms with Crippen LogP contribution in [-0.2, 0) is 13.1 Å². The van der Waals surface area contributed by atoms with Gasteiger partial charge in [0.1, 0.15) is 10.8 Å². The molecule has 0 fully saturated rings. The van der Waals surface area contributed by atoms with E-state index in [0.29, 0.717) is 24.3 Å². The Balaban J connectivity index is 1.90. The van der Waals surface area contributed by atoms with E-state index in [1.165, 1.54) is 6.07 Å². The first-order valence-corrected chi connectivity index (χ1v) is 5.76. The first kappa shape index (κ1) is 11.0. The lowest BCUT2D eigenvalue weighted by Crippen LogP contribution is -2.13. The van der Waals surface area contributed by atoms with Gasteiger partial charge < -0.3 is 11.1 Å². The molecule has 3 N–H and O–H groups in total. The van der Waals surface area contributed by atoms with E-state index in [1.807, 2.05) is 5.38 Å². The highest BCUT2D eigenvalue weighted by Crippen LogP contribution is 2.11. The first-order chi connectivity index (χ1) is 7.75. The molecule has 2 rings (SSSR count). The van der Waals surface area contributed by atoms with Gasteiger partial charge in [0, 0.05) is 35.9 Å². The lowest BCUT2D eigenvalue weighted by atomic mass is 10.2. The molecule has 5 heteroatoms. The molecule has 3 nitrogen and oxygen atoms in total. The molecule has 84 valence electrons. The van der Waals surface area contributed by atoms with Crippen molar-refractivity contribution < 1.29 is 4.39 Å². The number of nitrogens with zero attached hydrogens (tertiary/aromatic N) is 1. The van der Waals surface area contributed by atoms with Gasteiger partial charge in [-0.15, -0.1) is 11.3 Å². The number of hydrogen-bond donors (Lipinski definition) is 2. The second-order valence-corrected chi connectivity index (χ2v) is 4.36. The van der Waals surface area contributed by atoms with Crippen LogP contribution in [-0.4, -0.2) is 4.98 Å². The number of nitrogen functional groups attached to an aromatic ring is 1. The van der Waals surface area contributed by atoms with E-state index in [1.54, 1.807) is 29.7 Å². The van der Waals surface area contributed by atoms with Gasteiger partial charge >= 0.3 is 0 Å². The average Bonchev–Trinajstić information content (AvgIpc) is 2.74. The normalized spacial score (nSPS) is 10.6. The predicted octanol–water partition coefficient (Wildman–Crippen LogP) is 2.15. The molecular formula is C11H12FN3S. The number of benzene rings is 1. The Kier molecular flexibility index (Phi) is 3.48. The van der Waals surface area contributed by atoms with Crippen molar-refractivity contribution in [2.24, 2.45) is 0 Å². The Hall–Kier alpha value is -1.46. The second-order valence-electron chi connectivity index (χ2n) is 3.38. The van der Waals surface area contributed by atoms with Gasteiger partial charge in [-0.2, -0.15) is 0 Å². The number of rotatable bonds is 4. The number of hydrogen-bond acceptors (Lipinski definition) is 4. The predicted molar refractivity (Wildman–Crippen MR) is 63.5 cm³/mol. The maximum Gasteiger partial charge on any atom is 0.129 e. The van der Waals surface area contributed by atoms with E-state index in [-0.39, 0.29) is 5.82 Å². The van der Waals surface area contributed by atoms with E-state index >= 15 is 0 Å². The summed E-state index contributed by atoms with van der Waals surface area (Å²) in [5, 5.41) is 6.05. The Morgan fingerprint density at radius 2 is 2.25 bits per heavy atom. The van der Waals surface area contributed by atoms with Crippen LogP contribution in [0.4, 0.5) is 10.1 Å². The molecular weight excluding hydrogens is 225 g/mol. The molecule has 1 aromatic heterocycles. The molecule has 0 saturated heterocycles. The van der Waals surface area contributed by atoms with Crippen LogP contribution in [0.1, 0.15) is 10.6 Å². The highest BCUT2D eigenvalue weighted by atomic mass is 32.1. The molecule has 0 spiro atoms. The number of halogens is 1. The Bertz CT molecular complexity index is 456. The van der Waals surface area contributed by atoms with Gasteiger partial charge in [-0.1, -0.05) is 6.07 Å². The minimum absolute atomic E-state index is 0.272. The zero-order chi connectivity index (χ0) is 11.4. The number of nitrogens with two attached hydrogens (primary N) is 1. The molecule has 0 atom stereocenters. The molecule has 0 bridgehead atoms. The van der Waals surface area contributed by atoms with Crippen molar-refractivity contribution in [1.82, 2.24) is 10.3 Å². The number of aromatic nitrogens is 1. The van der Waals surface area contributed by atoms with E-state index in [2.05, 4.69) is 10.3 Å². The monoisotopic (exact) mass is 237 g/mol. The number of thiazole rings is 1. The third-order valence-electron chi connectivity index (χ3n) is 2.15. The van der Waals surface area contributed by atoms with Crippen molar-refractivity contribution in [3.63, 3.8) is 0 Å². The lowest BCUT2D eigenvalue weighted by molar-refractivity contribution is 0.588. The van der Waals surface area contributed by atoms with E-state index in [9.17, 15) is 4.39 Å². The van der Waals surface area contributed by atoms with Crippen LogP contribution < -0.4 is 11.1 Å². The van der Waals surface area contributed by atoms with E-state index in [0.717, 1.165) is 5.01 Å². The Morgan fingerprint density at radius 3 is 2.94 bits per heavy atom. The highest BCUT2D eigenvalue weighted by molar-refractivity contribution is 7.09. The SMILES string of the molecule is Nc1ccc(CNCc2nccs2)c(F)c1. The molecule has 0 saturated carbocycles. The fourth-order valence-corrected chi connectivity index (χ4v) is 1.94. The molecule has 1 aromatic carbocycles. The summed E-state index contributed by atoms with van der Waals surface area (Å²) >= 11 is 1.58. The fraction of sp³-hybridized carbons (Fsp3) is 0.182. The van der Waals surface area contributed by atoms with Crippen molar-refractivity contribution in [1.29, 1.82) is 0 Å². The topological polar surface area (TPSA) is 50.9 Å². The van der Waals surface area contributed by atoms with Crippen molar-refractivity contribution in [3.8, 4) is 0 Å². The van der Waals surface area contributed by atoms with Crippen LogP contribution in [0.5, 0.6) is 0 Å². The first-order valence-electron chi connectivity index (χ1n) is 4.88. The average molecular weight is 237 g/mol. The maximum absolute atomic E-state index is 13.4. The molecule has 0 unspecified atom stereocenters. The number of nitrogens with one attached hydrogen (secondary N) is 1. The van der Waals surface area contributed by atoms with Gasteiger partial charge in [0.25, 0.3) is 0 Å². The minimum Gasteiger partial charge on any atom is -0.399 e. The van der Waals surface area contributed by atoms with Gasteiger partial charge in [0.05, 0.1) is 0 Å². The minimum atomic E-state index is -0.272. The van der Waals surface area contributed by atoms with Crippen LogP contribution in [0.2, 0.25) is 0 Å². The summed E-state index contributed by atoms with van der Waals surface area (Å²) < 4.78 is 13.4. The molecule has 16 heavy (non-hydrogen) atoms. The fourth-order valence-electron chi connectivity index (χ4n) is 1.35. The van der Waals surface area contributed by atoms with E-state index in [4.69, 9.17) is 5.73 Å². The van der Waals surface area contributed by atoms with Crippen molar-refractivity contribution in [2.45, 2.75) is 13.1 Å². The smallest absolute Gasteiger partial charge is 0.129 e. The van der Waals surface area contributed by atoms with Crippen LogP contribution in [0.3, 0.4) is 0 Å². The summed E-state index contributed by atoms with van der Waals surface area (Å²) in [6.07, 6.45) is 1.76. The molecule has 0 radical (unpaired) electrons.